The van der Waals surface area contributed by atoms with Crippen molar-refractivity contribution in [3.8, 4) is 0 Å². The van der Waals surface area contributed by atoms with Gasteiger partial charge in [-0.25, -0.2) is 0 Å². The quantitative estimate of drug-likeness (QED) is 0.842. The first-order valence-electron chi connectivity index (χ1n) is 5.81. The van der Waals surface area contributed by atoms with E-state index in [1.165, 1.54) is 5.56 Å². The van der Waals surface area contributed by atoms with Crippen molar-refractivity contribution < 1.29 is 9.15 Å². The molecule has 1 aliphatic heterocycles. The highest BCUT2D eigenvalue weighted by Gasteiger charge is 2.24. The molecule has 2 heterocycles. The Morgan fingerprint density at radius 1 is 1.50 bits per heavy atom. The summed E-state index contributed by atoms with van der Waals surface area (Å²) in [4.78, 5) is 2.41. The first-order valence-corrected chi connectivity index (χ1v) is 5.81. The van der Waals surface area contributed by atoms with Crippen LogP contribution in [0.15, 0.2) is 16.7 Å². The Morgan fingerprint density at radius 3 is 3.06 bits per heavy atom. The van der Waals surface area contributed by atoms with E-state index in [-0.39, 0.29) is 0 Å². The van der Waals surface area contributed by atoms with Crippen LogP contribution < -0.4 is 5.73 Å². The molecule has 2 unspecified atom stereocenters. The Hall–Kier alpha value is -0.840. The second kappa shape index (κ2) is 4.99. The first-order chi connectivity index (χ1) is 7.70. The molecule has 1 aliphatic rings. The van der Waals surface area contributed by atoms with E-state index in [9.17, 15) is 0 Å². The standard InChI is InChI=1S/C12H20N2O2/c1-9-8-16-10(2)6-14(9)7-11-3-4-15-12(11)5-13/h3-4,9-10H,5-8,13H2,1-2H3. The largest absolute Gasteiger partial charge is 0.468 e. The van der Waals surface area contributed by atoms with Crippen molar-refractivity contribution >= 4 is 0 Å². The fourth-order valence-electron chi connectivity index (χ4n) is 2.10. The molecule has 2 N–H and O–H groups in total. The lowest BCUT2D eigenvalue weighted by atomic mass is 10.1. The molecular weight excluding hydrogens is 204 g/mol. The smallest absolute Gasteiger partial charge is 0.121 e. The van der Waals surface area contributed by atoms with Gasteiger partial charge in [-0.1, -0.05) is 0 Å². The minimum absolute atomic E-state index is 0.310. The van der Waals surface area contributed by atoms with Crippen molar-refractivity contribution in [3.05, 3.63) is 23.7 Å². The molecule has 2 atom stereocenters. The minimum Gasteiger partial charge on any atom is -0.468 e. The Balaban J connectivity index is 2.02. The van der Waals surface area contributed by atoms with Crippen LogP contribution in [0, 0.1) is 0 Å². The van der Waals surface area contributed by atoms with Crippen molar-refractivity contribution in [2.45, 2.75) is 39.1 Å². The highest BCUT2D eigenvalue weighted by molar-refractivity contribution is 5.16. The minimum atomic E-state index is 0.310. The zero-order chi connectivity index (χ0) is 11.5. The van der Waals surface area contributed by atoms with Crippen LogP contribution in [0.25, 0.3) is 0 Å². The van der Waals surface area contributed by atoms with Gasteiger partial charge < -0.3 is 14.9 Å². The monoisotopic (exact) mass is 224 g/mol. The number of furan rings is 1. The summed E-state index contributed by atoms with van der Waals surface area (Å²) in [5.74, 6) is 0.895. The van der Waals surface area contributed by atoms with Gasteiger partial charge in [0.05, 0.1) is 25.5 Å². The van der Waals surface area contributed by atoms with Crippen molar-refractivity contribution in [1.82, 2.24) is 4.90 Å². The number of nitrogens with two attached hydrogens (primary N) is 1. The van der Waals surface area contributed by atoms with Crippen LogP contribution in [0.2, 0.25) is 0 Å². The maximum absolute atomic E-state index is 5.63. The number of hydrogen-bond acceptors (Lipinski definition) is 4. The van der Waals surface area contributed by atoms with Crippen molar-refractivity contribution in [1.29, 1.82) is 0 Å². The van der Waals surface area contributed by atoms with Crippen molar-refractivity contribution in [2.75, 3.05) is 13.2 Å². The van der Waals surface area contributed by atoms with Gasteiger partial charge in [0, 0.05) is 24.7 Å². The summed E-state index contributed by atoms with van der Waals surface area (Å²) in [5.41, 5.74) is 6.82. The summed E-state index contributed by atoms with van der Waals surface area (Å²) in [5, 5.41) is 0. The zero-order valence-electron chi connectivity index (χ0n) is 9.98. The maximum atomic E-state index is 5.63. The topological polar surface area (TPSA) is 51.6 Å². The Morgan fingerprint density at radius 2 is 2.31 bits per heavy atom. The van der Waals surface area contributed by atoms with E-state index < -0.39 is 0 Å². The molecule has 2 rings (SSSR count). The lowest BCUT2D eigenvalue weighted by molar-refractivity contribution is -0.0528. The first kappa shape index (κ1) is 11.6. The molecule has 0 spiro atoms. The maximum Gasteiger partial charge on any atom is 0.121 e. The van der Waals surface area contributed by atoms with Gasteiger partial charge in [-0.15, -0.1) is 0 Å². The van der Waals surface area contributed by atoms with Crippen LogP contribution in [-0.2, 0) is 17.8 Å². The molecule has 90 valence electrons. The molecule has 1 saturated heterocycles. The van der Waals surface area contributed by atoms with Gasteiger partial charge in [0.1, 0.15) is 5.76 Å². The molecule has 0 bridgehead atoms. The van der Waals surface area contributed by atoms with E-state index in [0.717, 1.165) is 25.5 Å². The second-order valence-corrected chi connectivity index (χ2v) is 4.50. The molecule has 0 amide bonds. The van der Waals surface area contributed by atoms with Gasteiger partial charge in [-0.2, -0.15) is 0 Å². The fourth-order valence-corrected chi connectivity index (χ4v) is 2.10. The Bertz CT molecular complexity index is 338. The predicted molar refractivity (Wildman–Crippen MR) is 61.9 cm³/mol. The third-order valence-electron chi connectivity index (χ3n) is 3.13. The van der Waals surface area contributed by atoms with Crippen LogP contribution in [-0.4, -0.2) is 30.2 Å². The van der Waals surface area contributed by atoms with Gasteiger partial charge in [0.15, 0.2) is 0 Å². The summed E-state index contributed by atoms with van der Waals surface area (Å²) < 4.78 is 10.9. The average molecular weight is 224 g/mol. The van der Waals surface area contributed by atoms with Crippen molar-refractivity contribution in [3.63, 3.8) is 0 Å². The second-order valence-electron chi connectivity index (χ2n) is 4.50. The number of nitrogens with zero attached hydrogens (tertiary/aromatic N) is 1. The van der Waals surface area contributed by atoms with E-state index in [1.807, 2.05) is 6.07 Å². The van der Waals surface area contributed by atoms with Gasteiger partial charge >= 0.3 is 0 Å². The molecule has 16 heavy (non-hydrogen) atoms. The SMILES string of the molecule is CC1CN(Cc2ccoc2CN)C(C)CO1. The molecule has 4 heteroatoms. The Kier molecular flexibility index (Phi) is 3.63. The highest BCUT2D eigenvalue weighted by Crippen LogP contribution is 2.18. The van der Waals surface area contributed by atoms with E-state index in [1.54, 1.807) is 6.26 Å². The third kappa shape index (κ3) is 2.45. The van der Waals surface area contributed by atoms with E-state index >= 15 is 0 Å². The van der Waals surface area contributed by atoms with E-state index in [2.05, 4.69) is 18.7 Å². The van der Waals surface area contributed by atoms with E-state index in [0.29, 0.717) is 18.7 Å². The fraction of sp³-hybridized carbons (Fsp3) is 0.667. The molecule has 0 aromatic carbocycles. The van der Waals surface area contributed by atoms with Crippen LogP contribution in [0.3, 0.4) is 0 Å². The molecule has 1 aromatic rings. The number of ether oxygens (including phenoxy) is 1. The zero-order valence-corrected chi connectivity index (χ0v) is 9.98. The van der Waals surface area contributed by atoms with Gasteiger partial charge in [0.25, 0.3) is 0 Å². The summed E-state index contributed by atoms with van der Waals surface area (Å²) in [6, 6.07) is 2.46. The van der Waals surface area contributed by atoms with Crippen LogP contribution in [0.4, 0.5) is 0 Å². The normalized spacial score (nSPS) is 27.2. The number of morpholine rings is 1. The third-order valence-corrected chi connectivity index (χ3v) is 3.13. The molecule has 0 saturated carbocycles. The van der Waals surface area contributed by atoms with Crippen LogP contribution in [0.1, 0.15) is 25.2 Å². The van der Waals surface area contributed by atoms with Gasteiger partial charge in [0.2, 0.25) is 0 Å². The van der Waals surface area contributed by atoms with E-state index in [4.69, 9.17) is 14.9 Å². The molecule has 4 nitrogen and oxygen atoms in total. The van der Waals surface area contributed by atoms with Crippen molar-refractivity contribution in [2.24, 2.45) is 5.73 Å². The molecule has 0 radical (unpaired) electrons. The molecular formula is C12H20N2O2. The molecule has 1 fully saturated rings. The van der Waals surface area contributed by atoms with Gasteiger partial charge in [-0.05, 0) is 19.9 Å². The lowest BCUT2D eigenvalue weighted by Gasteiger charge is -2.36. The summed E-state index contributed by atoms with van der Waals surface area (Å²) >= 11 is 0. The predicted octanol–water partition coefficient (Wildman–Crippen LogP) is 1.35. The number of rotatable bonds is 3. The molecule has 1 aromatic heterocycles. The summed E-state index contributed by atoms with van der Waals surface area (Å²) in [6.07, 6.45) is 2.02. The average Bonchev–Trinajstić information content (AvgIpc) is 2.71. The highest BCUT2D eigenvalue weighted by atomic mass is 16.5. The number of hydrogen-bond donors (Lipinski definition) is 1. The van der Waals surface area contributed by atoms with Crippen LogP contribution in [0.5, 0.6) is 0 Å². The van der Waals surface area contributed by atoms with Gasteiger partial charge in [-0.3, -0.25) is 4.90 Å². The molecule has 0 aliphatic carbocycles. The Labute approximate surface area is 96.4 Å². The summed E-state index contributed by atoms with van der Waals surface area (Å²) in [7, 11) is 0. The van der Waals surface area contributed by atoms with Crippen LogP contribution >= 0.6 is 0 Å². The summed E-state index contributed by atoms with van der Waals surface area (Å²) in [6.45, 7) is 7.44. The lowest BCUT2D eigenvalue weighted by Crippen LogP contribution is -2.46.